The second kappa shape index (κ2) is 4.78. The standard InChI is InChI=1S/C12H10FN3O.ClH/c1-8-5-16(7-14-8)6-11-10-4-9(13)2-3-12(10)17-15-11;/h2-5,7H,6H2,1H3;1H. The van der Waals surface area contributed by atoms with E-state index in [1.165, 1.54) is 12.1 Å². The van der Waals surface area contributed by atoms with Gasteiger partial charge in [-0.2, -0.15) is 0 Å². The van der Waals surface area contributed by atoms with Crippen LogP contribution >= 0.6 is 12.4 Å². The summed E-state index contributed by atoms with van der Waals surface area (Å²) in [6.07, 6.45) is 3.62. The first-order valence-electron chi connectivity index (χ1n) is 5.24. The van der Waals surface area contributed by atoms with Gasteiger partial charge in [-0.15, -0.1) is 12.4 Å². The fourth-order valence-electron chi connectivity index (χ4n) is 1.81. The molecule has 0 atom stereocenters. The molecule has 0 N–H and O–H groups in total. The Morgan fingerprint density at radius 3 is 2.94 bits per heavy atom. The molecule has 0 aliphatic rings. The van der Waals surface area contributed by atoms with Gasteiger partial charge >= 0.3 is 0 Å². The second-order valence-corrected chi connectivity index (χ2v) is 3.96. The van der Waals surface area contributed by atoms with E-state index in [4.69, 9.17) is 4.52 Å². The summed E-state index contributed by atoms with van der Waals surface area (Å²) in [6.45, 7) is 2.44. The summed E-state index contributed by atoms with van der Waals surface area (Å²) in [6, 6.07) is 4.38. The van der Waals surface area contributed by atoms with Crippen LogP contribution in [0.5, 0.6) is 0 Å². The van der Waals surface area contributed by atoms with Crippen molar-refractivity contribution in [1.82, 2.24) is 14.7 Å². The molecule has 0 fully saturated rings. The zero-order valence-electron chi connectivity index (χ0n) is 9.63. The van der Waals surface area contributed by atoms with Gasteiger partial charge in [0, 0.05) is 11.6 Å². The highest BCUT2D eigenvalue weighted by molar-refractivity contribution is 5.85. The van der Waals surface area contributed by atoms with Gasteiger partial charge < -0.3 is 9.09 Å². The highest BCUT2D eigenvalue weighted by Gasteiger charge is 2.09. The highest BCUT2D eigenvalue weighted by Crippen LogP contribution is 2.20. The zero-order chi connectivity index (χ0) is 11.8. The molecular formula is C12H11ClFN3O. The molecule has 4 nitrogen and oxygen atoms in total. The maximum absolute atomic E-state index is 13.1. The third kappa shape index (κ3) is 2.22. The Kier molecular flexibility index (Phi) is 3.34. The van der Waals surface area contributed by atoms with Gasteiger partial charge in [-0.05, 0) is 25.1 Å². The Morgan fingerprint density at radius 1 is 1.39 bits per heavy atom. The molecule has 0 spiro atoms. The lowest BCUT2D eigenvalue weighted by Crippen LogP contribution is -1.97. The summed E-state index contributed by atoms with van der Waals surface area (Å²) in [7, 11) is 0. The monoisotopic (exact) mass is 267 g/mol. The summed E-state index contributed by atoms with van der Waals surface area (Å²) in [5.41, 5.74) is 2.24. The highest BCUT2D eigenvalue weighted by atomic mass is 35.5. The lowest BCUT2D eigenvalue weighted by Gasteiger charge is -1.97. The average molecular weight is 268 g/mol. The number of aryl methyl sites for hydroxylation is 1. The fraction of sp³-hybridized carbons (Fsp3) is 0.167. The predicted molar refractivity (Wildman–Crippen MR) is 67.3 cm³/mol. The molecule has 0 amide bonds. The first kappa shape index (κ1) is 12.6. The lowest BCUT2D eigenvalue weighted by molar-refractivity contribution is 0.443. The number of halogens is 2. The second-order valence-electron chi connectivity index (χ2n) is 3.96. The van der Waals surface area contributed by atoms with E-state index < -0.39 is 0 Å². The van der Waals surface area contributed by atoms with Crippen molar-refractivity contribution in [2.45, 2.75) is 13.5 Å². The molecule has 6 heteroatoms. The van der Waals surface area contributed by atoms with Gasteiger partial charge in [0.05, 0.1) is 18.6 Å². The molecule has 3 rings (SSSR count). The van der Waals surface area contributed by atoms with Crippen molar-refractivity contribution in [3.63, 3.8) is 0 Å². The summed E-state index contributed by atoms with van der Waals surface area (Å²) < 4.78 is 20.2. The van der Waals surface area contributed by atoms with Crippen molar-refractivity contribution in [3.05, 3.63) is 47.9 Å². The number of imidazole rings is 1. The molecule has 3 aromatic rings. The maximum Gasteiger partial charge on any atom is 0.167 e. The molecule has 2 aromatic heterocycles. The van der Waals surface area contributed by atoms with Gasteiger partial charge in [0.2, 0.25) is 0 Å². The van der Waals surface area contributed by atoms with Crippen LogP contribution in [0.15, 0.2) is 35.2 Å². The van der Waals surface area contributed by atoms with Crippen LogP contribution in [0.4, 0.5) is 4.39 Å². The minimum Gasteiger partial charge on any atom is -0.356 e. The van der Waals surface area contributed by atoms with E-state index >= 15 is 0 Å². The zero-order valence-corrected chi connectivity index (χ0v) is 10.4. The average Bonchev–Trinajstić information content (AvgIpc) is 2.87. The van der Waals surface area contributed by atoms with Gasteiger partial charge in [-0.1, -0.05) is 5.16 Å². The van der Waals surface area contributed by atoms with Crippen LogP contribution in [0, 0.1) is 12.7 Å². The fourth-order valence-corrected chi connectivity index (χ4v) is 1.81. The van der Waals surface area contributed by atoms with Gasteiger partial charge in [0.1, 0.15) is 11.5 Å². The number of rotatable bonds is 2. The summed E-state index contributed by atoms with van der Waals surface area (Å²) in [5.74, 6) is -0.288. The summed E-state index contributed by atoms with van der Waals surface area (Å²) in [5, 5.41) is 4.66. The van der Waals surface area contributed by atoms with E-state index in [-0.39, 0.29) is 18.2 Å². The molecule has 94 valence electrons. The molecule has 18 heavy (non-hydrogen) atoms. The normalized spacial score (nSPS) is 10.6. The SMILES string of the molecule is Cc1cn(Cc2noc3ccc(F)cc23)cn1.Cl. The predicted octanol–water partition coefficient (Wildman–Crippen LogP) is 2.94. The molecule has 0 aliphatic heterocycles. The van der Waals surface area contributed by atoms with Gasteiger partial charge in [0.15, 0.2) is 5.58 Å². The first-order chi connectivity index (χ1) is 8.22. The van der Waals surface area contributed by atoms with Gasteiger partial charge in [0.25, 0.3) is 0 Å². The van der Waals surface area contributed by atoms with Gasteiger partial charge in [-0.25, -0.2) is 9.37 Å². The number of fused-ring (bicyclic) bond motifs is 1. The van der Waals surface area contributed by atoms with E-state index in [1.807, 2.05) is 17.7 Å². The number of aromatic nitrogens is 3. The number of nitrogens with zero attached hydrogens (tertiary/aromatic N) is 3. The Labute approximate surface area is 109 Å². The van der Waals surface area contributed by atoms with Crippen LogP contribution in [0.25, 0.3) is 11.0 Å². The number of benzene rings is 1. The van der Waals surface area contributed by atoms with Gasteiger partial charge in [-0.3, -0.25) is 0 Å². The van der Waals surface area contributed by atoms with Crippen LogP contribution in [0.2, 0.25) is 0 Å². The molecule has 0 radical (unpaired) electrons. The molecule has 1 aromatic carbocycles. The van der Waals surface area contributed by atoms with E-state index in [0.717, 1.165) is 5.69 Å². The van der Waals surface area contributed by atoms with E-state index in [2.05, 4.69) is 10.1 Å². The van der Waals surface area contributed by atoms with E-state index in [1.54, 1.807) is 12.4 Å². The van der Waals surface area contributed by atoms with E-state index in [9.17, 15) is 4.39 Å². The van der Waals surface area contributed by atoms with Crippen molar-refractivity contribution in [2.75, 3.05) is 0 Å². The van der Waals surface area contributed by atoms with Crippen LogP contribution in [-0.4, -0.2) is 14.7 Å². The van der Waals surface area contributed by atoms with Crippen molar-refractivity contribution in [2.24, 2.45) is 0 Å². The minimum atomic E-state index is -0.288. The third-order valence-corrected chi connectivity index (χ3v) is 2.60. The Hall–Kier alpha value is -1.88. The summed E-state index contributed by atoms with van der Waals surface area (Å²) >= 11 is 0. The molecule has 0 bridgehead atoms. The number of hydrogen-bond donors (Lipinski definition) is 0. The minimum absolute atomic E-state index is 0. The molecule has 0 unspecified atom stereocenters. The Bertz CT molecular complexity index is 677. The largest absolute Gasteiger partial charge is 0.356 e. The molecule has 0 aliphatic carbocycles. The molecule has 0 saturated heterocycles. The molecule has 2 heterocycles. The lowest BCUT2D eigenvalue weighted by atomic mass is 10.2. The third-order valence-electron chi connectivity index (χ3n) is 2.60. The van der Waals surface area contributed by atoms with Crippen molar-refractivity contribution >= 4 is 23.4 Å². The summed E-state index contributed by atoms with van der Waals surface area (Å²) in [4.78, 5) is 4.13. The Balaban J connectivity index is 0.00000120. The maximum atomic E-state index is 13.1. The number of hydrogen-bond acceptors (Lipinski definition) is 3. The smallest absolute Gasteiger partial charge is 0.167 e. The van der Waals surface area contributed by atoms with E-state index in [0.29, 0.717) is 23.2 Å². The topological polar surface area (TPSA) is 43.9 Å². The van der Waals surface area contributed by atoms with Crippen LogP contribution < -0.4 is 0 Å². The van der Waals surface area contributed by atoms with Crippen molar-refractivity contribution in [1.29, 1.82) is 0 Å². The quantitative estimate of drug-likeness (QED) is 0.717. The van der Waals surface area contributed by atoms with Crippen LogP contribution in [0.3, 0.4) is 0 Å². The molecule has 0 saturated carbocycles. The Morgan fingerprint density at radius 2 is 2.22 bits per heavy atom. The van der Waals surface area contributed by atoms with Crippen LogP contribution in [-0.2, 0) is 6.54 Å². The van der Waals surface area contributed by atoms with Crippen LogP contribution in [0.1, 0.15) is 11.4 Å². The van der Waals surface area contributed by atoms with Crippen molar-refractivity contribution in [3.8, 4) is 0 Å². The first-order valence-corrected chi connectivity index (χ1v) is 5.24. The molecular weight excluding hydrogens is 257 g/mol. The van der Waals surface area contributed by atoms with Crippen molar-refractivity contribution < 1.29 is 8.91 Å².